The maximum Gasteiger partial charge on any atom is -0.0414 e. The maximum atomic E-state index is 2.42. The Morgan fingerprint density at radius 1 is 0.688 bits per heavy atom. The molecule has 2 unspecified atom stereocenters. The van der Waals surface area contributed by atoms with E-state index >= 15 is 0 Å². The first kappa shape index (κ1) is 16.0. The molecule has 0 aliphatic heterocycles. The molecule has 0 aromatic rings. The van der Waals surface area contributed by atoms with Gasteiger partial charge in [0.15, 0.2) is 0 Å². The van der Waals surface area contributed by atoms with E-state index in [4.69, 9.17) is 0 Å². The van der Waals surface area contributed by atoms with Gasteiger partial charge in [-0.2, -0.15) is 0 Å². The molecule has 0 aromatic carbocycles. The van der Waals surface area contributed by atoms with E-state index in [1.807, 2.05) is 0 Å². The first-order valence-electron chi connectivity index (χ1n) is 7.67. The van der Waals surface area contributed by atoms with E-state index in [2.05, 4.69) is 34.6 Å². The van der Waals surface area contributed by atoms with Crippen LogP contribution < -0.4 is 0 Å². The van der Waals surface area contributed by atoms with Crippen molar-refractivity contribution in [2.75, 3.05) is 0 Å². The van der Waals surface area contributed by atoms with Crippen LogP contribution in [-0.4, -0.2) is 0 Å². The molecule has 0 nitrogen and oxygen atoms in total. The SMILES string of the molecule is CCCC(C)CCC(CC)CC(CC)CC. The number of hydrogen-bond donors (Lipinski definition) is 0. The molecule has 98 valence electrons. The second-order valence-corrected chi connectivity index (χ2v) is 5.66. The Morgan fingerprint density at radius 2 is 1.25 bits per heavy atom. The summed E-state index contributed by atoms with van der Waals surface area (Å²) < 4.78 is 0. The van der Waals surface area contributed by atoms with Crippen LogP contribution in [0.3, 0.4) is 0 Å². The van der Waals surface area contributed by atoms with Gasteiger partial charge < -0.3 is 0 Å². The molecule has 0 heterocycles. The Labute approximate surface area is 104 Å². The predicted molar refractivity (Wildman–Crippen MR) is 75.8 cm³/mol. The summed E-state index contributed by atoms with van der Waals surface area (Å²) >= 11 is 0. The first-order chi connectivity index (χ1) is 7.67. The number of rotatable bonds is 10. The van der Waals surface area contributed by atoms with Crippen molar-refractivity contribution < 1.29 is 0 Å². The van der Waals surface area contributed by atoms with Crippen LogP contribution in [0.5, 0.6) is 0 Å². The van der Waals surface area contributed by atoms with Crippen molar-refractivity contribution in [3.05, 3.63) is 0 Å². The molecule has 0 fully saturated rings. The third kappa shape index (κ3) is 7.30. The summed E-state index contributed by atoms with van der Waals surface area (Å²) in [5.41, 5.74) is 0. The largest absolute Gasteiger partial charge is 0.0654 e. The van der Waals surface area contributed by atoms with Crippen molar-refractivity contribution in [3.8, 4) is 0 Å². The van der Waals surface area contributed by atoms with Gasteiger partial charge in [0.25, 0.3) is 0 Å². The molecular formula is C16H34. The first-order valence-corrected chi connectivity index (χ1v) is 7.67. The summed E-state index contributed by atoms with van der Waals surface area (Å²) in [5.74, 6) is 2.91. The normalized spacial score (nSPS) is 15.4. The molecule has 0 heteroatoms. The number of hydrogen-bond acceptors (Lipinski definition) is 0. The van der Waals surface area contributed by atoms with E-state index in [0.29, 0.717) is 0 Å². The standard InChI is InChI=1S/C16H34/c1-6-10-14(5)11-12-16(9-4)13-15(7-2)8-3/h14-16H,6-13H2,1-5H3. The molecule has 0 N–H and O–H groups in total. The summed E-state index contributed by atoms with van der Waals surface area (Å²) in [7, 11) is 0. The summed E-state index contributed by atoms with van der Waals surface area (Å²) in [4.78, 5) is 0. The molecule has 0 aliphatic rings. The Bertz CT molecular complexity index is 135. The summed E-state index contributed by atoms with van der Waals surface area (Å²) in [6, 6.07) is 0. The topological polar surface area (TPSA) is 0 Å². The van der Waals surface area contributed by atoms with Crippen LogP contribution in [0, 0.1) is 17.8 Å². The fraction of sp³-hybridized carbons (Fsp3) is 1.00. The minimum absolute atomic E-state index is 0.945. The highest BCUT2D eigenvalue weighted by atomic mass is 14.2. The van der Waals surface area contributed by atoms with Crippen LogP contribution in [0.15, 0.2) is 0 Å². The quantitative estimate of drug-likeness (QED) is 0.425. The fourth-order valence-electron chi connectivity index (χ4n) is 2.74. The Hall–Kier alpha value is 0. The van der Waals surface area contributed by atoms with E-state index in [1.165, 1.54) is 51.4 Å². The van der Waals surface area contributed by atoms with Gasteiger partial charge in [0.2, 0.25) is 0 Å². The molecule has 0 saturated carbocycles. The van der Waals surface area contributed by atoms with E-state index in [-0.39, 0.29) is 0 Å². The second-order valence-electron chi connectivity index (χ2n) is 5.66. The van der Waals surface area contributed by atoms with Crippen LogP contribution in [-0.2, 0) is 0 Å². The van der Waals surface area contributed by atoms with Gasteiger partial charge in [-0.25, -0.2) is 0 Å². The molecule has 0 saturated heterocycles. The lowest BCUT2D eigenvalue weighted by atomic mass is 9.84. The third-order valence-corrected chi connectivity index (χ3v) is 4.25. The van der Waals surface area contributed by atoms with Gasteiger partial charge in [-0.1, -0.05) is 79.6 Å². The zero-order valence-corrected chi connectivity index (χ0v) is 12.4. The summed E-state index contributed by atoms with van der Waals surface area (Å²) in [5, 5.41) is 0. The van der Waals surface area contributed by atoms with E-state index in [9.17, 15) is 0 Å². The summed E-state index contributed by atoms with van der Waals surface area (Å²) in [6.45, 7) is 11.8. The highest BCUT2D eigenvalue weighted by molar-refractivity contribution is 4.65. The van der Waals surface area contributed by atoms with Crippen LogP contribution in [0.2, 0.25) is 0 Å². The van der Waals surface area contributed by atoms with Gasteiger partial charge in [-0.05, 0) is 24.2 Å². The molecule has 2 atom stereocenters. The monoisotopic (exact) mass is 226 g/mol. The Balaban J connectivity index is 3.81. The van der Waals surface area contributed by atoms with E-state index in [1.54, 1.807) is 0 Å². The van der Waals surface area contributed by atoms with Crippen LogP contribution in [0.25, 0.3) is 0 Å². The fourth-order valence-corrected chi connectivity index (χ4v) is 2.74. The van der Waals surface area contributed by atoms with Crippen molar-refractivity contribution in [2.45, 2.75) is 86.0 Å². The highest BCUT2D eigenvalue weighted by Crippen LogP contribution is 2.27. The predicted octanol–water partition coefficient (Wildman–Crippen LogP) is 6.06. The third-order valence-electron chi connectivity index (χ3n) is 4.25. The Morgan fingerprint density at radius 3 is 1.69 bits per heavy atom. The van der Waals surface area contributed by atoms with Gasteiger partial charge in [0.1, 0.15) is 0 Å². The molecule has 0 radical (unpaired) electrons. The molecular weight excluding hydrogens is 192 g/mol. The molecule has 16 heavy (non-hydrogen) atoms. The second kappa shape index (κ2) is 10.2. The zero-order chi connectivity index (χ0) is 12.4. The lowest BCUT2D eigenvalue weighted by Crippen LogP contribution is -2.09. The molecule has 0 aliphatic carbocycles. The van der Waals surface area contributed by atoms with Crippen LogP contribution >= 0.6 is 0 Å². The van der Waals surface area contributed by atoms with Gasteiger partial charge in [-0.3, -0.25) is 0 Å². The van der Waals surface area contributed by atoms with Crippen molar-refractivity contribution >= 4 is 0 Å². The van der Waals surface area contributed by atoms with Gasteiger partial charge in [-0.15, -0.1) is 0 Å². The molecule has 0 rings (SSSR count). The van der Waals surface area contributed by atoms with Crippen LogP contribution in [0.1, 0.15) is 86.0 Å². The maximum absolute atomic E-state index is 2.42. The molecule has 0 aromatic heterocycles. The highest BCUT2D eigenvalue weighted by Gasteiger charge is 2.13. The van der Waals surface area contributed by atoms with Gasteiger partial charge in [0, 0.05) is 0 Å². The van der Waals surface area contributed by atoms with Gasteiger partial charge >= 0.3 is 0 Å². The molecule has 0 spiro atoms. The molecule has 0 bridgehead atoms. The van der Waals surface area contributed by atoms with Crippen LogP contribution in [0.4, 0.5) is 0 Å². The van der Waals surface area contributed by atoms with Crippen molar-refractivity contribution in [1.82, 2.24) is 0 Å². The summed E-state index contributed by atoms with van der Waals surface area (Å²) in [6.07, 6.45) is 11.3. The smallest absolute Gasteiger partial charge is 0.0414 e. The lowest BCUT2D eigenvalue weighted by molar-refractivity contribution is 0.304. The lowest BCUT2D eigenvalue weighted by Gasteiger charge is -2.22. The van der Waals surface area contributed by atoms with Crippen molar-refractivity contribution in [2.24, 2.45) is 17.8 Å². The van der Waals surface area contributed by atoms with E-state index in [0.717, 1.165) is 17.8 Å². The van der Waals surface area contributed by atoms with Crippen molar-refractivity contribution in [3.63, 3.8) is 0 Å². The van der Waals surface area contributed by atoms with E-state index < -0.39 is 0 Å². The minimum Gasteiger partial charge on any atom is -0.0654 e. The average molecular weight is 226 g/mol. The molecule has 0 amide bonds. The zero-order valence-electron chi connectivity index (χ0n) is 12.4. The Kier molecular flexibility index (Phi) is 10.2. The van der Waals surface area contributed by atoms with Crippen molar-refractivity contribution in [1.29, 1.82) is 0 Å². The minimum atomic E-state index is 0.945. The average Bonchev–Trinajstić information content (AvgIpc) is 2.30. The van der Waals surface area contributed by atoms with Gasteiger partial charge in [0.05, 0.1) is 0 Å².